The van der Waals surface area contributed by atoms with Crippen molar-refractivity contribution in [3.63, 3.8) is 0 Å². The van der Waals surface area contributed by atoms with E-state index in [-0.39, 0.29) is 11.4 Å². The number of anilines is 1. The number of hydrogen-bond donors (Lipinski definition) is 1. The lowest BCUT2D eigenvalue weighted by molar-refractivity contribution is -0.386. The molecule has 0 aliphatic heterocycles. The molecule has 0 fully saturated rings. The summed E-state index contributed by atoms with van der Waals surface area (Å²) in [6, 6.07) is 8.70. The third-order valence-corrected chi connectivity index (χ3v) is 3.79. The number of carbonyl (C=O) groups excluding carboxylic acids is 1. The number of halogens is 2. The molecule has 0 aliphatic carbocycles. The van der Waals surface area contributed by atoms with Gasteiger partial charge in [-0.2, -0.15) is 0 Å². The number of amides is 1. The molecule has 2 aromatic carbocycles. The molecule has 0 heterocycles. The largest absolute Gasteiger partial charge is 0.496 e. The molecule has 0 aromatic heterocycles. The predicted octanol–water partition coefficient (Wildman–Crippen LogP) is 4.32. The van der Waals surface area contributed by atoms with E-state index in [0.717, 1.165) is 0 Å². The minimum atomic E-state index is -1.01. The van der Waals surface area contributed by atoms with Crippen molar-refractivity contribution < 1.29 is 19.2 Å². The first-order valence-corrected chi connectivity index (χ1v) is 7.82. The minimum Gasteiger partial charge on any atom is -0.496 e. The first-order valence-electron chi connectivity index (χ1n) is 7.07. The summed E-state index contributed by atoms with van der Waals surface area (Å²) in [5.41, 5.74) is 0.0126. The number of rotatable bonds is 6. The van der Waals surface area contributed by atoms with Gasteiger partial charge < -0.3 is 14.8 Å². The van der Waals surface area contributed by atoms with E-state index < -0.39 is 16.9 Å². The topological polar surface area (TPSA) is 90.7 Å². The molecule has 7 nitrogen and oxygen atoms in total. The fraction of sp³-hybridized carbons (Fsp3) is 0.188. The molecule has 0 spiro atoms. The Balaban J connectivity index is 2.16. The van der Waals surface area contributed by atoms with Crippen LogP contribution in [0.2, 0.25) is 10.0 Å². The Kier molecular flexibility index (Phi) is 6.06. The van der Waals surface area contributed by atoms with Crippen molar-refractivity contribution in [2.45, 2.75) is 13.0 Å². The van der Waals surface area contributed by atoms with Crippen LogP contribution in [0.5, 0.6) is 11.5 Å². The van der Waals surface area contributed by atoms with Crippen molar-refractivity contribution in [3.8, 4) is 11.5 Å². The van der Waals surface area contributed by atoms with E-state index in [0.29, 0.717) is 21.5 Å². The first-order chi connectivity index (χ1) is 11.8. The highest BCUT2D eigenvalue weighted by Crippen LogP contribution is 2.32. The Morgan fingerprint density at radius 1 is 1.24 bits per heavy atom. The maximum Gasteiger partial charge on any atom is 0.314 e. The summed E-state index contributed by atoms with van der Waals surface area (Å²) in [6.07, 6.45) is -1.01. The van der Waals surface area contributed by atoms with Gasteiger partial charge in [0.25, 0.3) is 5.91 Å². The highest BCUT2D eigenvalue weighted by atomic mass is 35.5. The number of nitro groups is 1. The third-order valence-electron chi connectivity index (χ3n) is 3.22. The number of ether oxygens (including phenoxy) is 2. The van der Waals surface area contributed by atoms with Crippen LogP contribution in [0.15, 0.2) is 36.4 Å². The fourth-order valence-electron chi connectivity index (χ4n) is 1.94. The van der Waals surface area contributed by atoms with Gasteiger partial charge in [-0.05, 0) is 37.3 Å². The monoisotopic (exact) mass is 384 g/mol. The Morgan fingerprint density at radius 3 is 2.60 bits per heavy atom. The molecule has 2 rings (SSSR count). The molecule has 25 heavy (non-hydrogen) atoms. The van der Waals surface area contributed by atoms with Gasteiger partial charge in [-0.25, -0.2) is 0 Å². The zero-order chi connectivity index (χ0) is 18.6. The van der Waals surface area contributed by atoms with Gasteiger partial charge in [0, 0.05) is 5.02 Å². The van der Waals surface area contributed by atoms with Crippen molar-refractivity contribution in [1.82, 2.24) is 0 Å². The van der Waals surface area contributed by atoms with Crippen molar-refractivity contribution in [3.05, 3.63) is 56.6 Å². The van der Waals surface area contributed by atoms with Gasteiger partial charge in [0.1, 0.15) is 5.75 Å². The summed E-state index contributed by atoms with van der Waals surface area (Å²) < 4.78 is 10.4. The van der Waals surface area contributed by atoms with Gasteiger partial charge >= 0.3 is 5.69 Å². The molecule has 0 unspecified atom stereocenters. The Bertz CT molecular complexity index is 813. The molecule has 0 radical (unpaired) electrons. The quantitative estimate of drug-likeness (QED) is 0.591. The van der Waals surface area contributed by atoms with Crippen molar-refractivity contribution in [2.24, 2.45) is 0 Å². The number of carbonyl (C=O) groups is 1. The molecular formula is C16H14Cl2N2O5. The number of benzene rings is 2. The van der Waals surface area contributed by atoms with Crippen LogP contribution in [0.1, 0.15) is 6.92 Å². The van der Waals surface area contributed by atoms with Gasteiger partial charge in [-0.3, -0.25) is 14.9 Å². The molecule has 9 heteroatoms. The van der Waals surface area contributed by atoms with Crippen molar-refractivity contribution in [1.29, 1.82) is 0 Å². The van der Waals surface area contributed by atoms with Crippen LogP contribution in [0.25, 0.3) is 0 Å². The van der Waals surface area contributed by atoms with Crippen LogP contribution in [0, 0.1) is 10.1 Å². The van der Waals surface area contributed by atoms with Gasteiger partial charge in [-0.1, -0.05) is 23.2 Å². The summed E-state index contributed by atoms with van der Waals surface area (Å²) in [5.74, 6) is -0.276. The molecule has 2 aromatic rings. The fourth-order valence-corrected chi connectivity index (χ4v) is 2.28. The standard InChI is InChI=1S/C16H14Cl2N2O5/c1-9(16(21)19-13-7-10(17)3-5-12(13)18)25-15-6-4-11(24-2)8-14(15)20(22)23/h3-9H,1-2H3,(H,19,21)/t9-/m1/s1. The SMILES string of the molecule is COc1ccc(O[C@H](C)C(=O)Nc2cc(Cl)ccc2Cl)c([N+](=O)[O-])c1. The number of nitro benzene ring substituents is 1. The highest BCUT2D eigenvalue weighted by molar-refractivity contribution is 6.35. The van der Waals surface area contributed by atoms with E-state index in [1.807, 2.05) is 0 Å². The van der Waals surface area contributed by atoms with Gasteiger partial charge in [0.2, 0.25) is 0 Å². The van der Waals surface area contributed by atoms with Crippen LogP contribution in [-0.4, -0.2) is 24.0 Å². The molecule has 1 N–H and O–H groups in total. The maximum absolute atomic E-state index is 12.3. The van der Waals surface area contributed by atoms with E-state index in [1.54, 1.807) is 12.1 Å². The number of nitrogens with one attached hydrogen (secondary N) is 1. The first kappa shape index (κ1) is 18.8. The lowest BCUT2D eigenvalue weighted by Crippen LogP contribution is -2.30. The highest BCUT2D eigenvalue weighted by Gasteiger charge is 2.22. The van der Waals surface area contributed by atoms with Gasteiger partial charge in [-0.15, -0.1) is 0 Å². The van der Waals surface area contributed by atoms with E-state index in [4.69, 9.17) is 32.7 Å². The van der Waals surface area contributed by atoms with Crippen molar-refractivity contribution >= 4 is 40.5 Å². The Hall–Kier alpha value is -2.51. The van der Waals surface area contributed by atoms with E-state index in [1.165, 1.54) is 38.3 Å². The molecule has 0 bridgehead atoms. The van der Waals surface area contributed by atoms with Gasteiger partial charge in [0.15, 0.2) is 11.9 Å². The van der Waals surface area contributed by atoms with Crippen LogP contribution < -0.4 is 14.8 Å². The predicted molar refractivity (Wildman–Crippen MR) is 94.8 cm³/mol. The van der Waals surface area contributed by atoms with Crippen LogP contribution in [0.4, 0.5) is 11.4 Å². The van der Waals surface area contributed by atoms with Crippen LogP contribution in [-0.2, 0) is 4.79 Å². The second-order valence-corrected chi connectivity index (χ2v) is 5.81. The Morgan fingerprint density at radius 2 is 1.96 bits per heavy atom. The van der Waals surface area contributed by atoms with E-state index >= 15 is 0 Å². The molecule has 1 atom stereocenters. The minimum absolute atomic E-state index is 0.0503. The normalized spacial score (nSPS) is 11.5. The zero-order valence-corrected chi connectivity index (χ0v) is 14.8. The number of nitrogens with zero attached hydrogens (tertiary/aromatic N) is 1. The maximum atomic E-state index is 12.3. The summed E-state index contributed by atoms with van der Waals surface area (Å²) >= 11 is 11.9. The molecule has 0 saturated carbocycles. The number of methoxy groups -OCH3 is 1. The summed E-state index contributed by atoms with van der Waals surface area (Å²) in [4.78, 5) is 22.8. The lowest BCUT2D eigenvalue weighted by atomic mass is 10.2. The Labute approximate surface area is 153 Å². The third kappa shape index (κ3) is 4.74. The van der Waals surface area contributed by atoms with Gasteiger partial charge in [0.05, 0.1) is 28.8 Å². The molecular weight excluding hydrogens is 371 g/mol. The smallest absolute Gasteiger partial charge is 0.314 e. The molecule has 0 aliphatic rings. The average molecular weight is 385 g/mol. The summed E-state index contributed by atoms with van der Waals surface area (Å²) in [7, 11) is 1.39. The van der Waals surface area contributed by atoms with Crippen LogP contribution >= 0.6 is 23.2 Å². The molecule has 132 valence electrons. The molecule has 1 amide bonds. The van der Waals surface area contributed by atoms with Crippen LogP contribution in [0.3, 0.4) is 0 Å². The molecule has 0 saturated heterocycles. The second kappa shape index (κ2) is 8.04. The average Bonchev–Trinajstić information content (AvgIpc) is 2.58. The van der Waals surface area contributed by atoms with E-state index in [2.05, 4.69) is 5.32 Å². The zero-order valence-electron chi connectivity index (χ0n) is 13.3. The number of hydrogen-bond acceptors (Lipinski definition) is 5. The summed E-state index contributed by atoms with van der Waals surface area (Å²) in [6.45, 7) is 1.46. The lowest BCUT2D eigenvalue weighted by Gasteiger charge is -2.15. The summed E-state index contributed by atoms with van der Waals surface area (Å²) in [5, 5.41) is 14.4. The second-order valence-electron chi connectivity index (χ2n) is 4.96. The van der Waals surface area contributed by atoms with E-state index in [9.17, 15) is 14.9 Å². The van der Waals surface area contributed by atoms with Crippen molar-refractivity contribution in [2.75, 3.05) is 12.4 Å².